The summed E-state index contributed by atoms with van der Waals surface area (Å²) in [6, 6.07) is 3.35. The Labute approximate surface area is 99.5 Å². The zero-order valence-electron chi connectivity index (χ0n) is 9.97. The minimum absolute atomic E-state index is 0.00292. The molecule has 2 aromatic heterocycles. The molecule has 2 heterocycles. The van der Waals surface area contributed by atoms with Gasteiger partial charge in [-0.05, 0) is 12.1 Å². The highest BCUT2D eigenvalue weighted by molar-refractivity contribution is 5.21. The van der Waals surface area contributed by atoms with Crippen molar-refractivity contribution < 1.29 is 0 Å². The van der Waals surface area contributed by atoms with E-state index in [9.17, 15) is 4.79 Å². The number of aromatic nitrogens is 3. The third-order valence-electron chi connectivity index (χ3n) is 2.67. The first-order valence-corrected chi connectivity index (χ1v) is 5.61. The Morgan fingerprint density at radius 2 is 2.35 bits per heavy atom. The van der Waals surface area contributed by atoms with Gasteiger partial charge in [-0.3, -0.25) is 4.79 Å². The van der Waals surface area contributed by atoms with Gasteiger partial charge >= 0.3 is 0 Å². The number of hydrogen-bond donors (Lipinski definition) is 2. The van der Waals surface area contributed by atoms with Crippen LogP contribution in [-0.2, 0) is 7.05 Å². The van der Waals surface area contributed by atoms with Gasteiger partial charge in [0.25, 0.3) is 0 Å². The van der Waals surface area contributed by atoms with Crippen LogP contribution in [0.2, 0.25) is 0 Å². The fourth-order valence-corrected chi connectivity index (χ4v) is 1.82. The fraction of sp³-hybridized carbons (Fsp3) is 0.333. The predicted molar refractivity (Wildman–Crippen MR) is 65.8 cm³/mol. The number of pyridine rings is 1. The molecule has 5 heteroatoms. The van der Waals surface area contributed by atoms with E-state index in [-0.39, 0.29) is 11.6 Å². The summed E-state index contributed by atoms with van der Waals surface area (Å²) in [4.78, 5) is 18.1. The number of H-pyrrole nitrogens is 1. The molecule has 0 saturated heterocycles. The van der Waals surface area contributed by atoms with Crippen molar-refractivity contribution in [3.63, 3.8) is 0 Å². The molecule has 0 bridgehead atoms. The monoisotopic (exact) mass is 232 g/mol. The van der Waals surface area contributed by atoms with Gasteiger partial charge in [0.1, 0.15) is 5.82 Å². The van der Waals surface area contributed by atoms with Gasteiger partial charge in [0.2, 0.25) is 5.56 Å². The Hall–Kier alpha value is -1.88. The lowest BCUT2D eigenvalue weighted by atomic mass is 10.1. The van der Waals surface area contributed by atoms with E-state index < -0.39 is 0 Å². The maximum atomic E-state index is 11.1. The molecule has 0 aliphatic rings. The van der Waals surface area contributed by atoms with E-state index in [1.165, 1.54) is 6.07 Å². The number of imidazole rings is 1. The lowest BCUT2D eigenvalue weighted by Gasteiger charge is -2.17. The summed E-state index contributed by atoms with van der Waals surface area (Å²) in [5, 5.41) is 3.36. The van der Waals surface area contributed by atoms with Crippen LogP contribution in [0.15, 0.2) is 35.5 Å². The van der Waals surface area contributed by atoms with Gasteiger partial charge in [-0.2, -0.15) is 0 Å². The van der Waals surface area contributed by atoms with Crippen LogP contribution in [0.4, 0.5) is 0 Å². The minimum atomic E-state index is -0.0937. The highest BCUT2D eigenvalue weighted by Gasteiger charge is 2.16. The molecule has 2 rings (SSSR count). The van der Waals surface area contributed by atoms with Gasteiger partial charge in [-0.1, -0.05) is 13.0 Å². The van der Waals surface area contributed by atoms with E-state index in [1.54, 1.807) is 12.4 Å². The van der Waals surface area contributed by atoms with Gasteiger partial charge in [0, 0.05) is 31.7 Å². The topological polar surface area (TPSA) is 62.7 Å². The number of nitrogens with one attached hydrogen (secondary N) is 2. The molecule has 5 nitrogen and oxygen atoms in total. The van der Waals surface area contributed by atoms with E-state index in [0.717, 1.165) is 17.9 Å². The molecule has 1 unspecified atom stereocenters. The molecular formula is C12H16N4O. The molecule has 1 atom stereocenters. The van der Waals surface area contributed by atoms with Gasteiger partial charge in [0.15, 0.2) is 0 Å². The zero-order chi connectivity index (χ0) is 12.3. The summed E-state index contributed by atoms with van der Waals surface area (Å²) in [6.45, 7) is 2.87. The summed E-state index contributed by atoms with van der Waals surface area (Å²) < 4.78 is 1.97. The summed E-state index contributed by atoms with van der Waals surface area (Å²) in [5.74, 6) is 0.930. The maximum absolute atomic E-state index is 11.1. The molecule has 2 aromatic rings. The molecule has 0 aliphatic heterocycles. The standard InChI is InChI=1S/C12H16N4O/c1-3-13-11(12-14-6-7-16(12)2)9-4-5-10(17)15-8-9/h4-8,11,13H,3H2,1-2H3,(H,15,17). The number of nitrogens with zero attached hydrogens (tertiary/aromatic N) is 2. The first-order valence-electron chi connectivity index (χ1n) is 5.61. The van der Waals surface area contributed by atoms with Crippen molar-refractivity contribution in [3.8, 4) is 0 Å². The lowest BCUT2D eigenvalue weighted by Crippen LogP contribution is -2.25. The van der Waals surface area contributed by atoms with Crippen molar-refractivity contribution in [2.45, 2.75) is 13.0 Å². The number of aryl methyl sites for hydroxylation is 1. The molecule has 90 valence electrons. The molecule has 0 aromatic carbocycles. The fourth-order valence-electron chi connectivity index (χ4n) is 1.82. The first-order chi connectivity index (χ1) is 8.22. The van der Waals surface area contributed by atoms with Crippen molar-refractivity contribution in [1.82, 2.24) is 19.9 Å². The Kier molecular flexibility index (Phi) is 3.39. The van der Waals surface area contributed by atoms with Crippen LogP contribution in [0.5, 0.6) is 0 Å². The van der Waals surface area contributed by atoms with Crippen LogP contribution in [0.25, 0.3) is 0 Å². The van der Waals surface area contributed by atoms with Crippen molar-refractivity contribution in [1.29, 1.82) is 0 Å². The Morgan fingerprint density at radius 1 is 1.53 bits per heavy atom. The van der Waals surface area contributed by atoms with Gasteiger partial charge in [0.05, 0.1) is 6.04 Å². The van der Waals surface area contributed by atoms with Crippen LogP contribution in [-0.4, -0.2) is 21.1 Å². The van der Waals surface area contributed by atoms with Crippen molar-refractivity contribution in [3.05, 3.63) is 52.5 Å². The van der Waals surface area contributed by atoms with Crippen LogP contribution >= 0.6 is 0 Å². The molecular weight excluding hydrogens is 216 g/mol. The summed E-state index contributed by atoms with van der Waals surface area (Å²) >= 11 is 0. The van der Waals surface area contributed by atoms with Crippen molar-refractivity contribution in [2.75, 3.05) is 6.54 Å². The third kappa shape index (κ3) is 2.45. The molecule has 0 radical (unpaired) electrons. The highest BCUT2D eigenvalue weighted by Crippen LogP contribution is 2.18. The van der Waals surface area contributed by atoms with Gasteiger partial charge < -0.3 is 14.9 Å². The number of hydrogen-bond acceptors (Lipinski definition) is 3. The summed E-state index contributed by atoms with van der Waals surface area (Å²) in [5.41, 5.74) is 0.907. The van der Waals surface area contributed by atoms with Gasteiger partial charge in [-0.15, -0.1) is 0 Å². The molecule has 0 saturated carbocycles. The summed E-state index contributed by atoms with van der Waals surface area (Å²) in [6.07, 6.45) is 5.40. The average molecular weight is 232 g/mol. The average Bonchev–Trinajstić information content (AvgIpc) is 2.74. The molecule has 17 heavy (non-hydrogen) atoms. The second-order valence-corrected chi connectivity index (χ2v) is 3.87. The summed E-state index contributed by atoms with van der Waals surface area (Å²) in [7, 11) is 1.96. The molecule has 0 aliphatic carbocycles. The van der Waals surface area contributed by atoms with E-state index in [2.05, 4.69) is 15.3 Å². The predicted octanol–water partition coefficient (Wildman–Crippen LogP) is 0.807. The first kappa shape index (κ1) is 11.6. The lowest BCUT2D eigenvalue weighted by molar-refractivity contribution is 0.575. The molecule has 2 N–H and O–H groups in total. The largest absolute Gasteiger partial charge is 0.336 e. The van der Waals surface area contributed by atoms with Crippen LogP contribution in [0, 0.1) is 0 Å². The SMILES string of the molecule is CCNC(c1ccc(=O)[nH]c1)c1nccn1C. The zero-order valence-corrected chi connectivity index (χ0v) is 9.97. The quantitative estimate of drug-likeness (QED) is 0.820. The van der Waals surface area contributed by atoms with E-state index in [1.807, 2.05) is 30.8 Å². The Balaban J connectivity index is 2.38. The number of aromatic amines is 1. The molecule has 0 fully saturated rings. The maximum Gasteiger partial charge on any atom is 0.247 e. The van der Waals surface area contributed by atoms with E-state index >= 15 is 0 Å². The van der Waals surface area contributed by atoms with Crippen molar-refractivity contribution in [2.24, 2.45) is 7.05 Å². The van der Waals surface area contributed by atoms with Crippen LogP contribution in [0.3, 0.4) is 0 Å². The molecule has 0 spiro atoms. The van der Waals surface area contributed by atoms with Crippen molar-refractivity contribution >= 4 is 0 Å². The highest BCUT2D eigenvalue weighted by atomic mass is 16.1. The van der Waals surface area contributed by atoms with Crippen LogP contribution < -0.4 is 10.9 Å². The van der Waals surface area contributed by atoms with Gasteiger partial charge in [-0.25, -0.2) is 4.98 Å². The normalized spacial score (nSPS) is 12.6. The second-order valence-electron chi connectivity index (χ2n) is 3.87. The second kappa shape index (κ2) is 4.97. The Bertz CT molecular complexity index is 523. The Morgan fingerprint density at radius 3 is 2.88 bits per heavy atom. The minimum Gasteiger partial charge on any atom is -0.336 e. The smallest absolute Gasteiger partial charge is 0.247 e. The third-order valence-corrected chi connectivity index (χ3v) is 2.67. The van der Waals surface area contributed by atoms with E-state index in [4.69, 9.17) is 0 Å². The number of rotatable bonds is 4. The molecule has 0 amide bonds. The van der Waals surface area contributed by atoms with E-state index in [0.29, 0.717) is 0 Å². The van der Waals surface area contributed by atoms with Crippen LogP contribution in [0.1, 0.15) is 24.4 Å².